The summed E-state index contributed by atoms with van der Waals surface area (Å²) in [6.45, 7) is 0.778. The third kappa shape index (κ3) is 3.70. The molecule has 0 atom stereocenters. The van der Waals surface area contributed by atoms with Crippen molar-refractivity contribution in [3.05, 3.63) is 30.1 Å². The molecule has 1 aromatic carbocycles. The summed E-state index contributed by atoms with van der Waals surface area (Å²) in [7, 11) is 0. The Morgan fingerprint density at radius 1 is 1.24 bits per heavy atom. The molecule has 1 aromatic rings. The van der Waals surface area contributed by atoms with Crippen LogP contribution in [-0.4, -0.2) is 12.6 Å². The Balaban J connectivity index is 1.82. The van der Waals surface area contributed by atoms with E-state index in [4.69, 9.17) is 10.5 Å². The quantitative estimate of drug-likeness (QED) is 0.873. The summed E-state index contributed by atoms with van der Waals surface area (Å²) in [5.74, 6) is 1.17. The first kappa shape index (κ1) is 12.4. The van der Waals surface area contributed by atoms with Crippen LogP contribution in [0.3, 0.4) is 0 Å². The maximum Gasteiger partial charge on any atom is 0.126 e. The molecule has 0 aromatic heterocycles. The third-order valence-corrected chi connectivity index (χ3v) is 3.47. The standard InChI is InChI=1S/C14H20FNO/c15-12-2-1-3-14(10-12)17-13-6-4-11(5-7-13)8-9-16/h1-3,10-11,13H,4-9,16H2. The molecule has 0 spiro atoms. The lowest BCUT2D eigenvalue weighted by Crippen LogP contribution is -2.25. The first-order valence-electron chi connectivity index (χ1n) is 6.40. The molecule has 1 fully saturated rings. The number of ether oxygens (including phenoxy) is 1. The Hall–Kier alpha value is -1.09. The number of hydrogen-bond acceptors (Lipinski definition) is 2. The lowest BCUT2D eigenvalue weighted by Gasteiger charge is -2.28. The van der Waals surface area contributed by atoms with Crippen molar-refractivity contribution in [3.63, 3.8) is 0 Å². The van der Waals surface area contributed by atoms with Gasteiger partial charge < -0.3 is 10.5 Å². The Morgan fingerprint density at radius 2 is 2.00 bits per heavy atom. The smallest absolute Gasteiger partial charge is 0.126 e. The lowest BCUT2D eigenvalue weighted by molar-refractivity contribution is 0.129. The van der Waals surface area contributed by atoms with Crippen LogP contribution in [-0.2, 0) is 0 Å². The molecule has 1 aliphatic rings. The van der Waals surface area contributed by atoms with Crippen LogP contribution in [0.5, 0.6) is 5.75 Å². The highest BCUT2D eigenvalue weighted by Gasteiger charge is 2.21. The van der Waals surface area contributed by atoms with E-state index < -0.39 is 0 Å². The van der Waals surface area contributed by atoms with Gasteiger partial charge in [-0.05, 0) is 56.7 Å². The highest BCUT2D eigenvalue weighted by Crippen LogP contribution is 2.29. The summed E-state index contributed by atoms with van der Waals surface area (Å²) in [5, 5.41) is 0. The predicted molar refractivity (Wildman–Crippen MR) is 66.4 cm³/mol. The Bertz CT molecular complexity index is 348. The SMILES string of the molecule is NCCC1CCC(Oc2cccc(F)c2)CC1. The molecule has 17 heavy (non-hydrogen) atoms. The Morgan fingerprint density at radius 3 is 2.65 bits per heavy atom. The zero-order valence-corrected chi connectivity index (χ0v) is 10.1. The summed E-state index contributed by atoms with van der Waals surface area (Å²) in [6, 6.07) is 6.39. The van der Waals surface area contributed by atoms with Gasteiger partial charge in [-0.1, -0.05) is 6.07 Å². The molecule has 0 amide bonds. The summed E-state index contributed by atoms with van der Waals surface area (Å²) in [5.41, 5.74) is 5.56. The minimum Gasteiger partial charge on any atom is -0.490 e. The second kappa shape index (κ2) is 6.01. The van der Waals surface area contributed by atoms with Crippen LogP contribution in [0.1, 0.15) is 32.1 Å². The molecule has 1 saturated carbocycles. The average Bonchev–Trinajstić information content (AvgIpc) is 2.32. The maximum absolute atomic E-state index is 13.0. The molecule has 0 bridgehead atoms. The van der Waals surface area contributed by atoms with Gasteiger partial charge in [0.2, 0.25) is 0 Å². The normalized spacial score (nSPS) is 24.6. The highest BCUT2D eigenvalue weighted by atomic mass is 19.1. The zero-order valence-electron chi connectivity index (χ0n) is 10.1. The molecule has 2 N–H and O–H groups in total. The minimum atomic E-state index is -0.237. The van der Waals surface area contributed by atoms with Gasteiger partial charge in [0.25, 0.3) is 0 Å². The fourth-order valence-electron chi connectivity index (χ4n) is 2.51. The molecule has 94 valence electrons. The highest BCUT2D eigenvalue weighted by molar-refractivity contribution is 5.22. The van der Waals surface area contributed by atoms with E-state index in [1.54, 1.807) is 6.07 Å². The van der Waals surface area contributed by atoms with Crippen molar-refractivity contribution < 1.29 is 9.13 Å². The first-order chi connectivity index (χ1) is 8.28. The first-order valence-corrected chi connectivity index (χ1v) is 6.40. The summed E-state index contributed by atoms with van der Waals surface area (Å²) >= 11 is 0. The summed E-state index contributed by atoms with van der Waals surface area (Å²) in [6.07, 6.45) is 5.83. The minimum absolute atomic E-state index is 0.237. The molecule has 1 aliphatic carbocycles. The molecule has 2 rings (SSSR count). The van der Waals surface area contributed by atoms with E-state index in [0.717, 1.165) is 31.7 Å². The fourth-order valence-corrected chi connectivity index (χ4v) is 2.51. The van der Waals surface area contributed by atoms with E-state index >= 15 is 0 Å². The number of halogens is 1. The molecule has 0 aliphatic heterocycles. The van der Waals surface area contributed by atoms with Crippen molar-refractivity contribution in [3.8, 4) is 5.75 Å². The van der Waals surface area contributed by atoms with Gasteiger partial charge in [-0.15, -0.1) is 0 Å². The van der Waals surface area contributed by atoms with Crippen LogP contribution in [0, 0.1) is 11.7 Å². The number of rotatable bonds is 4. The third-order valence-electron chi connectivity index (χ3n) is 3.47. The van der Waals surface area contributed by atoms with Crippen LogP contribution in [0.4, 0.5) is 4.39 Å². The van der Waals surface area contributed by atoms with E-state index in [2.05, 4.69) is 0 Å². The monoisotopic (exact) mass is 237 g/mol. The zero-order chi connectivity index (χ0) is 12.1. The van der Waals surface area contributed by atoms with Gasteiger partial charge in [0.05, 0.1) is 6.10 Å². The second-order valence-corrected chi connectivity index (χ2v) is 4.80. The molecule has 0 radical (unpaired) electrons. The summed E-state index contributed by atoms with van der Waals surface area (Å²) in [4.78, 5) is 0. The van der Waals surface area contributed by atoms with Crippen LogP contribution in [0.15, 0.2) is 24.3 Å². The van der Waals surface area contributed by atoms with Crippen LogP contribution < -0.4 is 10.5 Å². The van der Waals surface area contributed by atoms with Crippen molar-refractivity contribution in [2.75, 3.05) is 6.54 Å². The van der Waals surface area contributed by atoms with Crippen molar-refractivity contribution in [1.82, 2.24) is 0 Å². The molecule has 3 heteroatoms. The molecule has 0 saturated heterocycles. The van der Waals surface area contributed by atoms with Crippen LogP contribution in [0.2, 0.25) is 0 Å². The van der Waals surface area contributed by atoms with Crippen molar-refractivity contribution in [2.24, 2.45) is 11.7 Å². The fraction of sp³-hybridized carbons (Fsp3) is 0.571. The Labute approximate surface area is 102 Å². The van der Waals surface area contributed by atoms with Crippen LogP contribution in [0.25, 0.3) is 0 Å². The van der Waals surface area contributed by atoms with Gasteiger partial charge in [0, 0.05) is 6.07 Å². The molecule has 0 heterocycles. The van der Waals surface area contributed by atoms with Gasteiger partial charge in [-0.2, -0.15) is 0 Å². The van der Waals surface area contributed by atoms with E-state index in [9.17, 15) is 4.39 Å². The van der Waals surface area contributed by atoms with Gasteiger partial charge in [-0.3, -0.25) is 0 Å². The Kier molecular flexibility index (Phi) is 4.37. The van der Waals surface area contributed by atoms with Crippen molar-refractivity contribution in [1.29, 1.82) is 0 Å². The largest absolute Gasteiger partial charge is 0.490 e. The number of benzene rings is 1. The van der Waals surface area contributed by atoms with Gasteiger partial charge in [0.1, 0.15) is 11.6 Å². The van der Waals surface area contributed by atoms with Crippen LogP contribution >= 0.6 is 0 Å². The molecular formula is C14H20FNO. The van der Waals surface area contributed by atoms with E-state index in [0.29, 0.717) is 5.75 Å². The van der Waals surface area contributed by atoms with E-state index in [1.165, 1.54) is 25.0 Å². The molecule has 0 unspecified atom stereocenters. The maximum atomic E-state index is 13.0. The molecular weight excluding hydrogens is 217 g/mol. The van der Waals surface area contributed by atoms with Crippen molar-refractivity contribution >= 4 is 0 Å². The summed E-state index contributed by atoms with van der Waals surface area (Å²) < 4.78 is 18.8. The predicted octanol–water partition coefficient (Wildman–Crippen LogP) is 3.11. The second-order valence-electron chi connectivity index (χ2n) is 4.80. The average molecular weight is 237 g/mol. The van der Waals surface area contributed by atoms with Gasteiger partial charge in [-0.25, -0.2) is 4.39 Å². The topological polar surface area (TPSA) is 35.2 Å². The molecule has 2 nitrogen and oxygen atoms in total. The number of nitrogens with two attached hydrogens (primary N) is 1. The van der Waals surface area contributed by atoms with Gasteiger partial charge in [0.15, 0.2) is 0 Å². The number of hydrogen-bond donors (Lipinski definition) is 1. The van der Waals surface area contributed by atoms with Gasteiger partial charge >= 0.3 is 0 Å². The lowest BCUT2D eigenvalue weighted by atomic mass is 9.85. The van der Waals surface area contributed by atoms with E-state index in [1.807, 2.05) is 6.07 Å². The van der Waals surface area contributed by atoms with Crippen molar-refractivity contribution in [2.45, 2.75) is 38.2 Å². The van der Waals surface area contributed by atoms with E-state index in [-0.39, 0.29) is 11.9 Å².